The van der Waals surface area contributed by atoms with Gasteiger partial charge in [0.15, 0.2) is 0 Å². The molecule has 4 N–H and O–H groups in total. The number of amidine groups is 1. The molecule has 8 heteroatoms. The molecule has 0 unspecified atom stereocenters. The predicted octanol–water partition coefficient (Wildman–Crippen LogP) is 3.12. The van der Waals surface area contributed by atoms with Gasteiger partial charge < -0.3 is 21.1 Å². The number of nitrogens with zero attached hydrogens (tertiary/aromatic N) is 2. The number of hydrogen-bond donors (Lipinski definition) is 3. The summed E-state index contributed by atoms with van der Waals surface area (Å²) >= 11 is 3.42. The molecular formula is C18H23BrN4O3. The van der Waals surface area contributed by atoms with Gasteiger partial charge in [0.25, 0.3) is 0 Å². The van der Waals surface area contributed by atoms with Crippen LogP contribution in [-0.4, -0.2) is 47.5 Å². The number of nitrogens with one attached hydrogen (secondary N) is 1. The van der Waals surface area contributed by atoms with Crippen molar-refractivity contribution in [1.82, 2.24) is 10.2 Å². The first-order chi connectivity index (χ1) is 12.4. The summed E-state index contributed by atoms with van der Waals surface area (Å²) in [7, 11) is 0. The first-order valence-electron chi connectivity index (χ1n) is 8.50. The van der Waals surface area contributed by atoms with Crippen LogP contribution in [0.2, 0.25) is 0 Å². The Morgan fingerprint density at radius 1 is 1.38 bits per heavy atom. The van der Waals surface area contributed by atoms with E-state index >= 15 is 0 Å². The molecule has 1 heterocycles. The van der Waals surface area contributed by atoms with Gasteiger partial charge >= 0.3 is 6.09 Å². The lowest BCUT2D eigenvalue weighted by Crippen LogP contribution is -2.36. The summed E-state index contributed by atoms with van der Waals surface area (Å²) in [4.78, 5) is 29.7. The highest BCUT2D eigenvalue weighted by atomic mass is 79.9. The summed E-state index contributed by atoms with van der Waals surface area (Å²) in [6.45, 7) is 3.39. The third-order valence-corrected chi connectivity index (χ3v) is 4.39. The van der Waals surface area contributed by atoms with Crippen molar-refractivity contribution in [2.45, 2.75) is 26.2 Å². The first kappa shape index (κ1) is 20.0. The number of rotatable bonds is 7. The molecule has 7 nitrogen and oxygen atoms in total. The minimum atomic E-state index is -1.06. The Kier molecular flexibility index (Phi) is 7.20. The summed E-state index contributed by atoms with van der Waals surface area (Å²) in [6, 6.07) is 5.67. The monoisotopic (exact) mass is 422 g/mol. The van der Waals surface area contributed by atoms with Crippen molar-refractivity contribution in [3.63, 3.8) is 0 Å². The zero-order valence-electron chi connectivity index (χ0n) is 14.7. The van der Waals surface area contributed by atoms with Gasteiger partial charge in [0, 0.05) is 41.7 Å². The van der Waals surface area contributed by atoms with Crippen LogP contribution in [-0.2, 0) is 4.79 Å². The van der Waals surface area contributed by atoms with E-state index in [9.17, 15) is 9.59 Å². The van der Waals surface area contributed by atoms with E-state index in [1.54, 1.807) is 4.90 Å². The molecule has 1 aromatic rings. The second-order valence-corrected chi connectivity index (χ2v) is 6.95. The smallest absolute Gasteiger partial charge is 0.404 e. The van der Waals surface area contributed by atoms with E-state index in [1.807, 2.05) is 31.2 Å². The standard InChI is InChI=1S/C18H23BrN4O3/c1-2-7-23(8-3-6-21-18(25)26)17(24)13-9-12-4-5-14(19)11-15(12)22-16(20)10-13/h4-5,9,11,21H,2-3,6-8,10H2,1H3,(H2,20,22)(H,25,26). The number of carbonyl (C=O) groups is 2. The molecule has 0 aromatic heterocycles. The van der Waals surface area contributed by atoms with Crippen molar-refractivity contribution in [1.29, 1.82) is 0 Å². The van der Waals surface area contributed by atoms with E-state index in [1.165, 1.54) is 0 Å². The number of nitrogens with two attached hydrogens (primary N) is 1. The summed E-state index contributed by atoms with van der Waals surface area (Å²) in [5.74, 6) is 0.307. The molecule has 140 valence electrons. The zero-order chi connectivity index (χ0) is 19.1. The third-order valence-electron chi connectivity index (χ3n) is 3.89. The Hall–Kier alpha value is -2.35. The highest BCUT2D eigenvalue weighted by molar-refractivity contribution is 9.10. The van der Waals surface area contributed by atoms with Crippen molar-refractivity contribution >= 4 is 45.5 Å². The van der Waals surface area contributed by atoms with Gasteiger partial charge in [0.2, 0.25) is 5.91 Å². The summed E-state index contributed by atoms with van der Waals surface area (Å²) in [5, 5.41) is 11.0. The van der Waals surface area contributed by atoms with Gasteiger partial charge in [0.1, 0.15) is 5.84 Å². The van der Waals surface area contributed by atoms with Crippen molar-refractivity contribution in [3.05, 3.63) is 33.8 Å². The molecule has 1 aliphatic heterocycles. The van der Waals surface area contributed by atoms with Crippen LogP contribution in [0.15, 0.2) is 33.2 Å². The van der Waals surface area contributed by atoms with E-state index in [0.29, 0.717) is 43.9 Å². The van der Waals surface area contributed by atoms with Crippen LogP contribution in [0.3, 0.4) is 0 Å². The highest BCUT2D eigenvalue weighted by Gasteiger charge is 2.21. The van der Waals surface area contributed by atoms with E-state index < -0.39 is 6.09 Å². The largest absolute Gasteiger partial charge is 0.465 e. The summed E-state index contributed by atoms with van der Waals surface area (Å²) in [6.07, 6.45) is 2.44. The average Bonchev–Trinajstić information content (AvgIpc) is 2.74. The van der Waals surface area contributed by atoms with Crippen LogP contribution in [0.4, 0.5) is 10.5 Å². The third kappa shape index (κ3) is 5.59. The minimum absolute atomic E-state index is 0.0870. The van der Waals surface area contributed by atoms with Crippen molar-refractivity contribution in [2.24, 2.45) is 10.7 Å². The number of halogens is 1. The average molecular weight is 423 g/mol. The first-order valence-corrected chi connectivity index (χ1v) is 9.29. The normalized spacial score (nSPS) is 13.2. The lowest BCUT2D eigenvalue weighted by atomic mass is 10.1. The van der Waals surface area contributed by atoms with Crippen molar-refractivity contribution < 1.29 is 14.7 Å². The number of carbonyl (C=O) groups excluding carboxylic acids is 1. The fraction of sp³-hybridized carbons (Fsp3) is 0.389. The van der Waals surface area contributed by atoms with E-state index in [0.717, 1.165) is 22.1 Å². The molecule has 0 saturated carbocycles. The molecule has 0 spiro atoms. The fourth-order valence-electron chi connectivity index (χ4n) is 2.75. The molecule has 0 bridgehead atoms. The summed E-state index contributed by atoms with van der Waals surface area (Å²) < 4.78 is 0.898. The predicted molar refractivity (Wildman–Crippen MR) is 106 cm³/mol. The second kappa shape index (κ2) is 9.38. The Bertz CT molecular complexity index is 746. The van der Waals surface area contributed by atoms with E-state index in [2.05, 4.69) is 26.2 Å². The number of amides is 2. The molecule has 0 fully saturated rings. The quantitative estimate of drug-likeness (QED) is 0.586. The van der Waals surface area contributed by atoms with Crippen LogP contribution < -0.4 is 11.1 Å². The molecule has 0 saturated heterocycles. The molecular weight excluding hydrogens is 400 g/mol. The molecule has 0 radical (unpaired) electrons. The summed E-state index contributed by atoms with van der Waals surface area (Å²) in [5.41, 5.74) is 8.17. The van der Waals surface area contributed by atoms with Crippen LogP contribution in [0.5, 0.6) is 0 Å². The molecule has 2 rings (SSSR count). The number of carboxylic acid groups (broad SMARTS) is 1. The second-order valence-electron chi connectivity index (χ2n) is 6.03. The van der Waals surface area contributed by atoms with Gasteiger partial charge in [-0.2, -0.15) is 0 Å². The maximum Gasteiger partial charge on any atom is 0.404 e. The van der Waals surface area contributed by atoms with Gasteiger partial charge in [0.05, 0.1) is 5.69 Å². The number of benzene rings is 1. The molecule has 1 aliphatic rings. The zero-order valence-corrected chi connectivity index (χ0v) is 16.3. The number of aliphatic imine (C=N–C) groups is 1. The molecule has 0 aliphatic carbocycles. The Balaban J connectivity index is 2.17. The topological polar surface area (TPSA) is 108 Å². The lowest BCUT2D eigenvalue weighted by Gasteiger charge is -2.23. The molecule has 26 heavy (non-hydrogen) atoms. The van der Waals surface area contributed by atoms with Gasteiger partial charge in [-0.1, -0.05) is 28.9 Å². The van der Waals surface area contributed by atoms with Gasteiger partial charge in [-0.25, -0.2) is 9.79 Å². The minimum Gasteiger partial charge on any atom is -0.465 e. The maximum atomic E-state index is 13.0. The van der Waals surface area contributed by atoms with Crippen LogP contribution >= 0.6 is 15.9 Å². The Morgan fingerprint density at radius 3 is 2.85 bits per heavy atom. The highest BCUT2D eigenvalue weighted by Crippen LogP contribution is 2.29. The van der Waals surface area contributed by atoms with Crippen LogP contribution in [0, 0.1) is 0 Å². The SMILES string of the molecule is CCCN(CCCNC(=O)O)C(=O)C1=Cc2ccc(Br)cc2N=C(N)C1. The van der Waals surface area contributed by atoms with Gasteiger partial charge in [-0.05, 0) is 31.1 Å². The molecule has 1 aromatic carbocycles. The maximum absolute atomic E-state index is 13.0. The van der Waals surface area contributed by atoms with E-state index in [4.69, 9.17) is 10.8 Å². The van der Waals surface area contributed by atoms with Crippen molar-refractivity contribution in [2.75, 3.05) is 19.6 Å². The van der Waals surface area contributed by atoms with Crippen LogP contribution in [0.1, 0.15) is 31.7 Å². The Morgan fingerprint density at radius 2 is 2.15 bits per heavy atom. The van der Waals surface area contributed by atoms with Crippen molar-refractivity contribution in [3.8, 4) is 0 Å². The molecule has 2 amide bonds. The van der Waals surface area contributed by atoms with Gasteiger partial charge in [-0.15, -0.1) is 0 Å². The van der Waals surface area contributed by atoms with Crippen LogP contribution in [0.25, 0.3) is 6.08 Å². The molecule has 0 atom stereocenters. The number of fused-ring (bicyclic) bond motifs is 1. The van der Waals surface area contributed by atoms with E-state index in [-0.39, 0.29) is 5.91 Å². The number of hydrogen-bond acceptors (Lipinski definition) is 4. The van der Waals surface area contributed by atoms with Gasteiger partial charge in [-0.3, -0.25) is 4.79 Å². The Labute approximate surface area is 161 Å². The lowest BCUT2D eigenvalue weighted by molar-refractivity contribution is -0.127. The fourth-order valence-corrected chi connectivity index (χ4v) is 3.10.